The summed E-state index contributed by atoms with van der Waals surface area (Å²) in [4.78, 5) is 0.222. The van der Waals surface area contributed by atoms with Crippen LogP contribution in [-0.4, -0.2) is 22.1 Å². The standard InChI is InChI=1S/C15H16ClNO3S/c1-20-14-6-8-15(9-7-14)21(18,19)17-11-10-12-2-4-13(16)5-3-12/h2-9,17H,10-11H2,1H3. The van der Waals surface area contributed by atoms with Crippen LogP contribution in [0.2, 0.25) is 5.02 Å². The van der Waals surface area contributed by atoms with Crippen LogP contribution in [0.15, 0.2) is 53.4 Å². The minimum atomic E-state index is -3.50. The van der Waals surface area contributed by atoms with Gasteiger partial charge in [-0.1, -0.05) is 23.7 Å². The van der Waals surface area contributed by atoms with Crippen LogP contribution in [0, 0.1) is 0 Å². The minimum Gasteiger partial charge on any atom is -0.497 e. The van der Waals surface area contributed by atoms with Crippen molar-refractivity contribution in [1.29, 1.82) is 0 Å². The lowest BCUT2D eigenvalue weighted by molar-refractivity contribution is 0.414. The largest absolute Gasteiger partial charge is 0.497 e. The summed E-state index contributed by atoms with van der Waals surface area (Å²) < 4.78 is 31.8. The minimum absolute atomic E-state index is 0.222. The zero-order valence-electron chi connectivity index (χ0n) is 11.5. The van der Waals surface area contributed by atoms with E-state index in [0.29, 0.717) is 23.7 Å². The summed E-state index contributed by atoms with van der Waals surface area (Å²) in [5, 5.41) is 0.664. The number of halogens is 1. The Morgan fingerprint density at radius 2 is 1.67 bits per heavy atom. The molecule has 6 heteroatoms. The molecule has 0 spiro atoms. The van der Waals surface area contributed by atoms with E-state index >= 15 is 0 Å². The second kappa shape index (κ2) is 6.93. The molecule has 0 atom stereocenters. The van der Waals surface area contributed by atoms with Gasteiger partial charge in [0.25, 0.3) is 0 Å². The van der Waals surface area contributed by atoms with Crippen LogP contribution < -0.4 is 9.46 Å². The monoisotopic (exact) mass is 325 g/mol. The number of hydrogen-bond acceptors (Lipinski definition) is 3. The smallest absolute Gasteiger partial charge is 0.240 e. The highest BCUT2D eigenvalue weighted by molar-refractivity contribution is 7.89. The van der Waals surface area contributed by atoms with E-state index < -0.39 is 10.0 Å². The third-order valence-corrected chi connectivity index (χ3v) is 4.72. The molecule has 2 aromatic rings. The average Bonchev–Trinajstić information content (AvgIpc) is 2.49. The molecule has 0 heterocycles. The van der Waals surface area contributed by atoms with Gasteiger partial charge in [-0.15, -0.1) is 0 Å². The fraction of sp³-hybridized carbons (Fsp3) is 0.200. The number of rotatable bonds is 6. The molecule has 21 heavy (non-hydrogen) atoms. The van der Waals surface area contributed by atoms with Crippen molar-refractivity contribution in [1.82, 2.24) is 4.72 Å². The third kappa shape index (κ3) is 4.46. The highest BCUT2D eigenvalue weighted by Gasteiger charge is 2.13. The zero-order valence-corrected chi connectivity index (χ0v) is 13.1. The normalized spacial score (nSPS) is 11.3. The first kappa shape index (κ1) is 15.8. The summed E-state index contributed by atoms with van der Waals surface area (Å²) in [6, 6.07) is 13.6. The summed E-state index contributed by atoms with van der Waals surface area (Å²) in [7, 11) is -1.96. The third-order valence-electron chi connectivity index (χ3n) is 2.99. The molecule has 0 radical (unpaired) electrons. The van der Waals surface area contributed by atoms with Crippen LogP contribution in [0.25, 0.3) is 0 Å². The van der Waals surface area contributed by atoms with Crippen LogP contribution in [0.3, 0.4) is 0 Å². The second-order valence-corrected chi connectivity index (χ2v) is 6.65. The van der Waals surface area contributed by atoms with Crippen LogP contribution >= 0.6 is 11.6 Å². The van der Waals surface area contributed by atoms with Crippen LogP contribution in [0.4, 0.5) is 0 Å². The van der Waals surface area contributed by atoms with Gasteiger partial charge in [0.15, 0.2) is 0 Å². The predicted octanol–water partition coefficient (Wildman–Crippen LogP) is 2.87. The van der Waals surface area contributed by atoms with Gasteiger partial charge in [-0.3, -0.25) is 0 Å². The summed E-state index contributed by atoms with van der Waals surface area (Å²) >= 11 is 5.80. The fourth-order valence-corrected chi connectivity index (χ4v) is 2.98. The van der Waals surface area contributed by atoms with E-state index in [1.54, 1.807) is 24.3 Å². The topological polar surface area (TPSA) is 55.4 Å². The molecular weight excluding hydrogens is 310 g/mol. The lowest BCUT2D eigenvalue weighted by Crippen LogP contribution is -2.25. The molecule has 0 amide bonds. The first-order valence-electron chi connectivity index (χ1n) is 6.39. The van der Waals surface area contributed by atoms with Crippen molar-refractivity contribution in [2.45, 2.75) is 11.3 Å². The number of benzene rings is 2. The Morgan fingerprint density at radius 1 is 1.05 bits per heavy atom. The molecule has 0 aliphatic carbocycles. The van der Waals surface area contributed by atoms with Gasteiger partial charge in [0.2, 0.25) is 10.0 Å². The Balaban J connectivity index is 1.95. The molecule has 0 aromatic heterocycles. The maximum Gasteiger partial charge on any atom is 0.240 e. The maximum absolute atomic E-state index is 12.1. The van der Waals surface area contributed by atoms with Gasteiger partial charge in [-0.25, -0.2) is 13.1 Å². The van der Waals surface area contributed by atoms with Crippen molar-refractivity contribution in [3.63, 3.8) is 0 Å². The highest BCUT2D eigenvalue weighted by Crippen LogP contribution is 2.15. The van der Waals surface area contributed by atoms with Gasteiger partial charge in [0.05, 0.1) is 12.0 Å². The zero-order chi connectivity index (χ0) is 15.3. The van der Waals surface area contributed by atoms with Gasteiger partial charge in [-0.2, -0.15) is 0 Å². The number of sulfonamides is 1. The summed E-state index contributed by atoms with van der Waals surface area (Å²) in [6.07, 6.45) is 0.604. The Labute approximate surface area is 129 Å². The number of methoxy groups -OCH3 is 1. The molecule has 0 saturated heterocycles. The van der Waals surface area contributed by atoms with Crippen molar-refractivity contribution in [3.8, 4) is 5.75 Å². The van der Waals surface area contributed by atoms with Crippen LogP contribution in [0.5, 0.6) is 5.75 Å². The molecule has 0 bridgehead atoms. The van der Waals surface area contributed by atoms with Gasteiger partial charge in [0, 0.05) is 11.6 Å². The van der Waals surface area contributed by atoms with E-state index in [9.17, 15) is 8.42 Å². The summed E-state index contributed by atoms with van der Waals surface area (Å²) in [5.41, 5.74) is 1.02. The van der Waals surface area contributed by atoms with Gasteiger partial charge in [0.1, 0.15) is 5.75 Å². The van der Waals surface area contributed by atoms with E-state index in [1.807, 2.05) is 12.1 Å². The summed E-state index contributed by atoms with van der Waals surface area (Å²) in [5.74, 6) is 0.620. The van der Waals surface area contributed by atoms with Crippen molar-refractivity contribution < 1.29 is 13.2 Å². The number of hydrogen-bond donors (Lipinski definition) is 1. The molecule has 2 rings (SSSR count). The quantitative estimate of drug-likeness (QED) is 0.888. The SMILES string of the molecule is COc1ccc(S(=O)(=O)NCCc2ccc(Cl)cc2)cc1. The molecule has 0 fully saturated rings. The Morgan fingerprint density at radius 3 is 2.24 bits per heavy atom. The first-order chi connectivity index (χ1) is 10.0. The molecule has 0 unspecified atom stereocenters. The molecule has 1 N–H and O–H groups in total. The lowest BCUT2D eigenvalue weighted by Gasteiger charge is -2.07. The van der Waals surface area contributed by atoms with Crippen LogP contribution in [-0.2, 0) is 16.4 Å². The number of ether oxygens (including phenoxy) is 1. The van der Waals surface area contributed by atoms with Gasteiger partial charge >= 0.3 is 0 Å². The van der Waals surface area contributed by atoms with E-state index in [0.717, 1.165) is 5.56 Å². The van der Waals surface area contributed by atoms with Gasteiger partial charge < -0.3 is 4.74 Å². The van der Waals surface area contributed by atoms with Crippen LogP contribution in [0.1, 0.15) is 5.56 Å². The van der Waals surface area contributed by atoms with Crippen molar-refractivity contribution >= 4 is 21.6 Å². The Kier molecular flexibility index (Phi) is 5.22. The molecule has 0 aliphatic heterocycles. The maximum atomic E-state index is 12.1. The van der Waals surface area contributed by atoms with Gasteiger partial charge in [-0.05, 0) is 48.4 Å². The van der Waals surface area contributed by atoms with Crippen molar-refractivity contribution in [2.75, 3.05) is 13.7 Å². The fourth-order valence-electron chi connectivity index (χ4n) is 1.82. The Bertz CT molecular complexity index is 682. The van der Waals surface area contributed by atoms with E-state index in [1.165, 1.54) is 19.2 Å². The van der Waals surface area contributed by atoms with E-state index in [2.05, 4.69) is 4.72 Å². The van der Waals surface area contributed by atoms with Crippen molar-refractivity contribution in [2.24, 2.45) is 0 Å². The predicted molar refractivity (Wildman–Crippen MR) is 83.3 cm³/mol. The lowest BCUT2D eigenvalue weighted by atomic mass is 10.2. The number of nitrogens with one attached hydrogen (secondary N) is 1. The molecule has 112 valence electrons. The van der Waals surface area contributed by atoms with E-state index in [4.69, 9.17) is 16.3 Å². The van der Waals surface area contributed by atoms with Crippen molar-refractivity contribution in [3.05, 3.63) is 59.1 Å². The molecule has 0 aliphatic rings. The first-order valence-corrected chi connectivity index (χ1v) is 8.25. The molecule has 4 nitrogen and oxygen atoms in total. The molecular formula is C15H16ClNO3S. The molecule has 0 saturated carbocycles. The highest BCUT2D eigenvalue weighted by atomic mass is 35.5. The summed E-state index contributed by atoms with van der Waals surface area (Å²) in [6.45, 7) is 0.329. The average molecular weight is 326 g/mol. The molecule has 2 aromatic carbocycles. The van der Waals surface area contributed by atoms with E-state index in [-0.39, 0.29) is 4.90 Å². The second-order valence-electron chi connectivity index (χ2n) is 4.45. The Hall–Kier alpha value is -1.56.